The van der Waals surface area contributed by atoms with Gasteiger partial charge in [-0.2, -0.15) is 0 Å². The fraction of sp³-hybridized carbons (Fsp3) is 0.125. The van der Waals surface area contributed by atoms with Crippen molar-refractivity contribution in [3.05, 3.63) is 57.0 Å². The first kappa shape index (κ1) is 17.5. The van der Waals surface area contributed by atoms with Gasteiger partial charge in [-0.3, -0.25) is 4.79 Å². The number of hydrogen-bond acceptors (Lipinski definition) is 4. The number of amides is 1. The van der Waals surface area contributed by atoms with Crippen LogP contribution in [0.4, 0.5) is 5.69 Å². The zero-order chi connectivity index (χ0) is 16.8. The van der Waals surface area contributed by atoms with Crippen LogP contribution < -0.4 is 10.1 Å². The average Bonchev–Trinajstić information content (AvgIpc) is 2.54. The Balaban J connectivity index is 1.90. The van der Waals surface area contributed by atoms with Crippen molar-refractivity contribution >= 4 is 49.4 Å². The number of hydrogen-bond donors (Lipinski definition) is 1. The standard InChI is InChI=1S/C16H13Br2NO4/c1-22-16(21)10-2-5-12(6-3-10)19-15(20)9-23-14-7-4-11(17)8-13(14)18/h2-8H,9H2,1H3,(H,19,20). The summed E-state index contributed by atoms with van der Waals surface area (Å²) < 4.78 is 11.7. The van der Waals surface area contributed by atoms with Gasteiger partial charge >= 0.3 is 5.97 Å². The summed E-state index contributed by atoms with van der Waals surface area (Å²) in [6.07, 6.45) is 0. The second-order valence-corrected chi connectivity index (χ2v) is 6.25. The molecule has 0 aliphatic carbocycles. The van der Waals surface area contributed by atoms with Crippen molar-refractivity contribution in [1.82, 2.24) is 0 Å². The smallest absolute Gasteiger partial charge is 0.337 e. The van der Waals surface area contributed by atoms with Crippen LogP contribution >= 0.6 is 31.9 Å². The van der Waals surface area contributed by atoms with Gasteiger partial charge in [-0.05, 0) is 58.4 Å². The molecule has 0 fully saturated rings. The van der Waals surface area contributed by atoms with Crippen LogP contribution in [0.15, 0.2) is 51.4 Å². The first-order valence-corrected chi connectivity index (χ1v) is 8.14. The monoisotopic (exact) mass is 441 g/mol. The van der Waals surface area contributed by atoms with E-state index in [-0.39, 0.29) is 12.5 Å². The van der Waals surface area contributed by atoms with Crippen molar-refractivity contribution in [1.29, 1.82) is 0 Å². The predicted molar refractivity (Wildman–Crippen MR) is 93.7 cm³/mol. The Hall–Kier alpha value is -1.86. The van der Waals surface area contributed by atoms with Crippen molar-refractivity contribution in [3.63, 3.8) is 0 Å². The third kappa shape index (κ3) is 5.07. The van der Waals surface area contributed by atoms with E-state index in [1.54, 1.807) is 30.3 Å². The van der Waals surface area contributed by atoms with E-state index >= 15 is 0 Å². The van der Waals surface area contributed by atoms with E-state index in [1.165, 1.54) is 7.11 Å². The molecule has 0 aliphatic heterocycles. The number of rotatable bonds is 5. The number of halogens is 2. The van der Waals surface area contributed by atoms with Crippen LogP contribution in [0.3, 0.4) is 0 Å². The minimum absolute atomic E-state index is 0.126. The number of esters is 1. The second-order valence-electron chi connectivity index (χ2n) is 4.48. The molecule has 2 aromatic carbocycles. The molecule has 0 radical (unpaired) electrons. The van der Waals surface area contributed by atoms with Gasteiger partial charge in [-0.1, -0.05) is 15.9 Å². The van der Waals surface area contributed by atoms with Gasteiger partial charge in [0.15, 0.2) is 6.61 Å². The highest BCUT2D eigenvalue weighted by atomic mass is 79.9. The highest BCUT2D eigenvalue weighted by Gasteiger charge is 2.08. The zero-order valence-electron chi connectivity index (χ0n) is 12.1. The maximum atomic E-state index is 11.9. The fourth-order valence-corrected chi connectivity index (χ4v) is 2.90. The lowest BCUT2D eigenvalue weighted by Gasteiger charge is -2.09. The maximum Gasteiger partial charge on any atom is 0.337 e. The van der Waals surface area contributed by atoms with E-state index in [0.717, 1.165) is 8.95 Å². The Morgan fingerprint density at radius 2 is 1.78 bits per heavy atom. The summed E-state index contributed by atoms with van der Waals surface area (Å²) >= 11 is 6.71. The molecule has 23 heavy (non-hydrogen) atoms. The molecule has 2 aromatic rings. The van der Waals surface area contributed by atoms with Gasteiger partial charge in [0.25, 0.3) is 5.91 Å². The summed E-state index contributed by atoms with van der Waals surface area (Å²) in [5.74, 6) is -0.152. The Labute approximate surface area is 150 Å². The van der Waals surface area contributed by atoms with Gasteiger partial charge in [0.05, 0.1) is 17.1 Å². The van der Waals surface area contributed by atoms with Crippen LogP contribution in [0.25, 0.3) is 0 Å². The molecule has 0 atom stereocenters. The molecule has 1 N–H and O–H groups in total. The lowest BCUT2D eigenvalue weighted by atomic mass is 10.2. The summed E-state index contributed by atoms with van der Waals surface area (Å²) in [5.41, 5.74) is 0.988. The number of carbonyl (C=O) groups excluding carboxylic acids is 2. The highest BCUT2D eigenvalue weighted by molar-refractivity contribution is 9.11. The van der Waals surface area contributed by atoms with Crippen LogP contribution in [0.2, 0.25) is 0 Å². The van der Waals surface area contributed by atoms with Crippen molar-refractivity contribution in [3.8, 4) is 5.75 Å². The van der Waals surface area contributed by atoms with Crippen molar-refractivity contribution < 1.29 is 19.1 Å². The van der Waals surface area contributed by atoms with Gasteiger partial charge < -0.3 is 14.8 Å². The van der Waals surface area contributed by atoms with E-state index in [1.807, 2.05) is 12.1 Å². The van der Waals surface area contributed by atoms with Gasteiger partial charge in [-0.15, -0.1) is 0 Å². The quantitative estimate of drug-likeness (QED) is 0.710. The zero-order valence-corrected chi connectivity index (χ0v) is 15.3. The second kappa shape index (κ2) is 8.12. The summed E-state index contributed by atoms with van der Waals surface area (Å²) in [5, 5.41) is 2.69. The minimum Gasteiger partial charge on any atom is -0.483 e. The lowest BCUT2D eigenvalue weighted by molar-refractivity contribution is -0.118. The molecule has 0 saturated heterocycles. The van der Waals surface area contributed by atoms with Crippen LogP contribution in [0, 0.1) is 0 Å². The number of carbonyl (C=O) groups is 2. The van der Waals surface area contributed by atoms with Gasteiger partial charge in [0, 0.05) is 10.2 Å². The summed E-state index contributed by atoms with van der Waals surface area (Å²) in [4.78, 5) is 23.2. The van der Waals surface area contributed by atoms with E-state index in [0.29, 0.717) is 17.0 Å². The van der Waals surface area contributed by atoms with Crippen molar-refractivity contribution in [2.75, 3.05) is 19.0 Å². The molecule has 0 saturated carbocycles. The molecule has 0 aromatic heterocycles. The third-order valence-corrected chi connectivity index (χ3v) is 3.96. The Morgan fingerprint density at radius 3 is 2.39 bits per heavy atom. The molecule has 5 nitrogen and oxygen atoms in total. The average molecular weight is 443 g/mol. The molecule has 7 heteroatoms. The topological polar surface area (TPSA) is 64.6 Å². The van der Waals surface area contributed by atoms with Gasteiger partial charge in [0.2, 0.25) is 0 Å². The number of ether oxygens (including phenoxy) is 2. The Kier molecular flexibility index (Phi) is 6.18. The minimum atomic E-state index is -0.425. The SMILES string of the molecule is COC(=O)c1ccc(NC(=O)COc2ccc(Br)cc2Br)cc1. The Morgan fingerprint density at radius 1 is 1.09 bits per heavy atom. The largest absolute Gasteiger partial charge is 0.483 e. The number of benzene rings is 2. The lowest BCUT2D eigenvalue weighted by Crippen LogP contribution is -2.20. The van der Waals surface area contributed by atoms with Crippen molar-refractivity contribution in [2.45, 2.75) is 0 Å². The molecule has 0 spiro atoms. The molecular formula is C16H13Br2NO4. The maximum absolute atomic E-state index is 11.9. The van der Waals surface area contributed by atoms with Gasteiger partial charge in [0.1, 0.15) is 5.75 Å². The molecule has 0 heterocycles. The van der Waals surface area contributed by atoms with E-state index < -0.39 is 5.97 Å². The molecule has 0 aliphatic rings. The number of nitrogens with one attached hydrogen (secondary N) is 1. The third-order valence-electron chi connectivity index (χ3n) is 2.84. The highest BCUT2D eigenvalue weighted by Crippen LogP contribution is 2.28. The van der Waals surface area contributed by atoms with Crippen LogP contribution in [0.5, 0.6) is 5.75 Å². The van der Waals surface area contributed by atoms with Crippen molar-refractivity contribution in [2.24, 2.45) is 0 Å². The first-order chi connectivity index (χ1) is 11.0. The van der Waals surface area contributed by atoms with E-state index in [9.17, 15) is 9.59 Å². The summed E-state index contributed by atoms with van der Waals surface area (Å²) in [6, 6.07) is 11.8. The van der Waals surface area contributed by atoms with E-state index in [2.05, 4.69) is 41.9 Å². The van der Waals surface area contributed by atoms with Crippen LogP contribution in [-0.2, 0) is 9.53 Å². The predicted octanol–water partition coefficient (Wildman–Crippen LogP) is 4.02. The van der Waals surface area contributed by atoms with E-state index in [4.69, 9.17) is 4.74 Å². The molecule has 1 amide bonds. The Bertz CT molecular complexity index is 717. The van der Waals surface area contributed by atoms with Gasteiger partial charge in [-0.25, -0.2) is 4.79 Å². The summed E-state index contributed by atoms with van der Waals surface area (Å²) in [6.45, 7) is -0.126. The molecular weight excluding hydrogens is 430 g/mol. The fourth-order valence-electron chi connectivity index (χ4n) is 1.74. The molecule has 120 valence electrons. The van der Waals surface area contributed by atoms with Crippen LogP contribution in [0.1, 0.15) is 10.4 Å². The molecule has 2 rings (SSSR count). The number of methoxy groups -OCH3 is 1. The summed E-state index contributed by atoms with van der Waals surface area (Å²) in [7, 11) is 1.32. The number of anilines is 1. The molecule has 0 bridgehead atoms. The normalized spacial score (nSPS) is 10.0. The first-order valence-electron chi connectivity index (χ1n) is 6.55. The molecule has 0 unspecified atom stereocenters. The van der Waals surface area contributed by atoms with Crippen LogP contribution in [-0.4, -0.2) is 25.6 Å².